The largest absolute Gasteiger partial charge is 0.446 e. The van der Waals surface area contributed by atoms with Crippen LogP contribution in [0.25, 0.3) is 10.9 Å². The first kappa shape index (κ1) is 22.6. The number of aromatic amines is 1. The zero-order chi connectivity index (χ0) is 23.4. The van der Waals surface area contributed by atoms with Crippen molar-refractivity contribution in [2.24, 2.45) is 0 Å². The summed E-state index contributed by atoms with van der Waals surface area (Å²) in [6.07, 6.45) is 0. The van der Waals surface area contributed by atoms with E-state index < -0.39 is 11.4 Å². The van der Waals surface area contributed by atoms with Gasteiger partial charge in [-0.2, -0.15) is 13.2 Å². The zero-order valence-electron chi connectivity index (χ0n) is 17.2. The SMILES string of the molecule is O=C(c1ccc(SC(F)(F)F)cc1)N(Cc1ccccc1)Cc1nc2ccccc2c(=O)[nH]1. The molecule has 0 atom stereocenters. The molecule has 5 nitrogen and oxygen atoms in total. The summed E-state index contributed by atoms with van der Waals surface area (Å²) >= 11 is -0.237. The van der Waals surface area contributed by atoms with E-state index in [0.29, 0.717) is 16.7 Å². The number of halogens is 3. The molecule has 0 unspecified atom stereocenters. The van der Waals surface area contributed by atoms with Crippen molar-refractivity contribution in [2.75, 3.05) is 0 Å². The second kappa shape index (κ2) is 9.50. The molecular formula is C24H18F3N3O2S. The van der Waals surface area contributed by atoms with Gasteiger partial charge in [-0.25, -0.2) is 4.98 Å². The molecule has 1 aromatic heterocycles. The van der Waals surface area contributed by atoms with Crippen LogP contribution in [0.3, 0.4) is 0 Å². The minimum absolute atomic E-state index is 0.00538. The number of nitrogens with zero attached hydrogens (tertiary/aromatic N) is 2. The number of benzene rings is 3. The number of nitrogens with one attached hydrogen (secondary N) is 1. The maximum absolute atomic E-state index is 13.3. The standard InChI is InChI=1S/C24H18F3N3O2S/c25-24(26,27)33-18-12-10-17(11-13-18)23(32)30(14-16-6-2-1-3-7-16)15-21-28-20-9-5-4-8-19(20)22(31)29-21/h1-13H,14-15H2,(H,28,29,31). The van der Waals surface area contributed by atoms with E-state index in [4.69, 9.17) is 0 Å². The molecule has 0 saturated heterocycles. The van der Waals surface area contributed by atoms with E-state index in [2.05, 4.69) is 9.97 Å². The highest BCUT2D eigenvalue weighted by Crippen LogP contribution is 2.36. The molecule has 33 heavy (non-hydrogen) atoms. The Balaban J connectivity index is 1.63. The van der Waals surface area contributed by atoms with E-state index >= 15 is 0 Å². The number of hydrogen-bond donors (Lipinski definition) is 1. The third-order valence-corrected chi connectivity index (χ3v) is 5.58. The van der Waals surface area contributed by atoms with Gasteiger partial charge in [0.05, 0.1) is 17.4 Å². The Kier molecular flexibility index (Phi) is 6.50. The van der Waals surface area contributed by atoms with Crippen LogP contribution < -0.4 is 5.56 Å². The van der Waals surface area contributed by atoms with E-state index in [0.717, 1.165) is 5.56 Å². The van der Waals surface area contributed by atoms with E-state index in [1.54, 1.807) is 24.3 Å². The summed E-state index contributed by atoms with van der Waals surface area (Å²) in [6, 6.07) is 21.4. The normalized spacial score (nSPS) is 11.5. The fourth-order valence-electron chi connectivity index (χ4n) is 3.38. The Bertz CT molecular complexity index is 1320. The van der Waals surface area contributed by atoms with E-state index in [9.17, 15) is 22.8 Å². The molecule has 0 radical (unpaired) electrons. The van der Waals surface area contributed by atoms with Gasteiger partial charge in [-0.15, -0.1) is 0 Å². The summed E-state index contributed by atoms with van der Waals surface area (Å²) in [7, 11) is 0. The topological polar surface area (TPSA) is 66.1 Å². The summed E-state index contributed by atoms with van der Waals surface area (Å²) in [5, 5.41) is 0.444. The summed E-state index contributed by atoms with van der Waals surface area (Å²) in [5.74, 6) is -0.0783. The van der Waals surface area contributed by atoms with Gasteiger partial charge in [0.2, 0.25) is 0 Å². The minimum Gasteiger partial charge on any atom is -0.327 e. The molecule has 168 valence electrons. The number of hydrogen-bond acceptors (Lipinski definition) is 4. The van der Waals surface area contributed by atoms with Gasteiger partial charge in [-0.1, -0.05) is 42.5 Å². The molecule has 1 N–H and O–H groups in total. The number of amides is 1. The lowest BCUT2D eigenvalue weighted by Crippen LogP contribution is -2.31. The molecule has 0 spiro atoms. The van der Waals surface area contributed by atoms with E-state index in [1.165, 1.54) is 29.2 Å². The van der Waals surface area contributed by atoms with Gasteiger partial charge in [0, 0.05) is 17.0 Å². The third kappa shape index (κ3) is 5.81. The van der Waals surface area contributed by atoms with Crippen LogP contribution in [0.15, 0.2) is 88.6 Å². The van der Waals surface area contributed by atoms with Crippen molar-refractivity contribution in [3.63, 3.8) is 0 Å². The van der Waals surface area contributed by atoms with Crippen molar-refractivity contribution in [3.05, 3.63) is 106 Å². The van der Waals surface area contributed by atoms with Crippen LogP contribution in [-0.2, 0) is 13.1 Å². The molecule has 1 amide bonds. The van der Waals surface area contributed by atoms with Crippen LogP contribution in [0, 0.1) is 0 Å². The Morgan fingerprint density at radius 1 is 0.909 bits per heavy atom. The summed E-state index contributed by atoms with van der Waals surface area (Å²) in [6.45, 7) is 0.252. The third-order valence-electron chi connectivity index (χ3n) is 4.84. The first-order valence-electron chi connectivity index (χ1n) is 9.95. The molecule has 0 aliphatic heterocycles. The van der Waals surface area contributed by atoms with Crippen molar-refractivity contribution in [3.8, 4) is 0 Å². The second-order valence-corrected chi connectivity index (χ2v) is 8.39. The van der Waals surface area contributed by atoms with Gasteiger partial charge < -0.3 is 9.88 Å². The van der Waals surface area contributed by atoms with Gasteiger partial charge in [-0.3, -0.25) is 9.59 Å². The Morgan fingerprint density at radius 2 is 1.58 bits per heavy atom. The quantitative estimate of drug-likeness (QED) is 0.385. The summed E-state index contributed by atoms with van der Waals surface area (Å²) in [4.78, 5) is 34.4. The van der Waals surface area contributed by atoms with E-state index in [-0.39, 0.29) is 40.9 Å². The molecule has 9 heteroatoms. The highest BCUT2D eigenvalue weighted by atomic mass is 32.2. The first-order valence-corrected chi connectivity index (χ1v) is 10.8. The van der Waals surface area contributed by atoms with Crippen LogP contribution in [0.4, 0.5) is 13.2 Å². The van der Waals surface area contributed by atoms with Crippen molar-refractivity contribution >= 4 is 28.6 Å². The number of carbonyl (C=O) groups is 1. The number of para-hydroxylation sites is 1. The maximum Gasteiger partial charge on any atom is 0.446 e. The maximum atomic E-state index is 13.3. The highest BCUT2D eigenvalue weighted by Gasteiger charge is 2.29. The lowest BCUT2D eigenvalue weighted by atomic mass is 10.1. The van der Waals surface area contributed by atoms with Crippen LogP contribution in [0.1, 0.15) is 21.7 Å². The molecule has 1 heterocycles. The highest BCUT2D eigenvalue weighted by molar-refractivity contribution is 8.00. The number of H-pyrrole nitrogens is 1. The fourth-order valence-corrected chi connectivity index (χ4v) is 3.92. The van der Waals surface area contributed by atoms with Crippen LogP contribution in [0.5, 0.6) is 0 Å². The molecule has 0 aliphatic rings. The Hall–Kier alpha value is -3.59. The van der Waals surface area contributed by atoms with Crippen LogP contribution >= 0.6 is 11.8 Å². The smallest absolute Gasteiger partial charge is 0.327 e. The van der Waals surface area contributed by atoms with Gasteiger partial charge >= 0.3 is 5.51 Å². The molecule has 3 aromatic carbocycles. The molecule has 0 bridgehead atoms. The average Bonchev–Trinajstić information content (AvgIpc) is 2.78. The summed E-state index contributed by atoms with van der Waals surface area (Å²) < 4.78 is 37.8. The van der Waals surface area contributed by atoms with Crippen molar-refractivity contribution in [2.45, 2.75) is 23.5 Å². The fraction of sp³-hybridized carbons (Fsp3) is 0.125. The van der Waals surface area contributed by atoms with Crippen molar-refractivity contribution in [1.29, 1.82) is 0 Å². The number of fused-ring (bicyclic) bond motifs is 1. The number of aromatic nitrogens is 2. The monoisotopic (exact) mass is 469 g/mol. The number of carbonyl (C=O) groups excluding carboxylic acids is 1. The molecule has 0 fully saturated rings. The number of alkyl halides is 3. The zero-order valence-corrected chi connectivity index (χ0v) is 18.0. The molecular weight excluding hydrogens is 451 g/mol. The van der Waals surface area contributed by atoms with Crippen LogP contribution in [0.2, 0.25) is 0 Å². The van der Waals surface area contributed by atoms with Gasteiger partial charge in [0.25, 0.3) is 11.5 Å². The second-order valence-electron chi connectivity index (χ2n) is 7.25. The van der Waals surface area contributed by atoms with Crippen LogP contribution in [-0.4, -0.2) is 26.3 Å². The molecule has 0 aliphatic carbocycles. The molecule has 4 aromatic rings. The Morgan fingerprint density at radius 3 is 2.27 bits per heavy atom. The predicted octanol–water partition coefficient (Wildman–Crippen LogP) is 5.38. The Labute approximate surface area is 191 Å². The number of thioether (sulfide) groups is 1. The van der Waals surface area contributed by atoms with Crippen molar-refractivity contribution in [1.82, 2.24) is 14.9 Å². The van der Waals surface area contributed by atoms with E-state index in [1.807, 2.05) is 30.3 Å². The lowest BCUT2D eigenvalue weighted by Gasteiger charge is -2.23. The predicted molar refractivity (Wildman–Crippen MR) is 121 cm³/mol. The average molecular weight is 469 g/mol. The van der Waals surface area contributed by atoms with Gasteiger partial charge in [0.15, 0.2) is 0 Å². The van der Waals surface area contributed by atoms with Crippen molar-refractivity contribution < 1.29 is 18.0 Å². The van der Waals surface area contributed by atoms with Gasteiger partial charge in [0.1, 0.15) is 5.82 Å². The number of rotatable bonds is 6. The summed E-state index contributed by atoms with van der Waals surface area (Å²) in [5.41, 5.74) is -3.11. The first-order chi connectivity index (χ1) is 15.8. The molecule has 4 rings (SSSR count). The minimum atomic E-state index is -4.40. The van der Waals surface area contributed by atoms with Gasteiger partial charge in [-0.05, 0) is 53.7 Å². The lowest BCUT2D eigenvalue weighted by molar-refractivity contribution is -0.0328. The molecule has 0 saturated carbocycles.